The molecule has 0 aliphatic heterocycles. The van der Waals surface area contributed by atoms with Gasteiger partial charge in [-0.3, -0.25) is 14.9 Å². The van der Waals surface area contributed by atoms with Gasteiger partial charge in [-0.05, 0) is 6.07 Å². The maximum atomic E-state index is 10.6. The highest BCUT2D eigenvalue weighted by atomic mass is 16.6. The molecule has 0 aromatic carbocycles. The second-order valence-corrected chi connectivity index (χ2v) is 3.10. The standard InChI is InChI=1S/C9H7N3O3/c1-11-7(5-13)2-8-9(11)3-6(4-10-8)12(14)15/h2-5H,1H3. The van der Waals surface area contributed by atoms with Gasteiger partial charge in [0.25, 0.3) is 5.69 Å². The van der Waals surface area contributed by atoms with Crippen LogP contribution in [0.5, 0.6) is 0 Å². The Balaban J connectivity index is 2.75. The van der Waals surface area contributed by atoms with Gasteiger partial charge in [-0.2, -0.15) is 0 Å². The summed E-state index contributed by atoms with van der Waals surface area (Å²) in [5.74, 6) is 0. The summed E-state index contributed by atoms with van der Waals surface area (Å²) in [7, 11) is 1.66. The van der Waals surface area contributed by atoms with Crippen LogP contribution in [0.4, 0.5) is 5.69 Å². The number of aldehydes is 1. The van der Waals surface area contributed by atoms with E-state index in [2.05, 4.69) is 4.98 Å². The number of hydrogen-bond donors (Lipinski definition) is 0. The number of aryl methyl sites for hydroxylation is 1. The van der Waals surface area contributed by atoms with Crippen LogP contribution in [0, 0.1) is 10.1 Å². The molecular weight excluding hydrogens is 198 g/mol. The number of aromatic nitrogens is 2. The summed E-state index contributed by atoms with van der Waals surface area (Å²) in [6, 6.07) is 2.99. The quantitative estimate of drug-likeness (QED) is 0.420. The molecule has 0 fully saturated rings. The Hall–Kier alpha value is -2.24. The number of pyridine rings is 1. The number of carbonyl (C=O) groups excluding carboxylic acids is 1. The Labute approximate surface area is 84.3 Å². The van der Waals surface area contributed by atoms with E-state index in [0.29, 0.717) is 23.0 Å². The van der Waals surface area contributed by atoms with Crippen LogP contribution in [0.2, 0.25) is 0 Å². The van der Waals surface area contributed by atoms with Gasteiger partial charge in [0.15, 0.2) is 6.29 Å². The van der Waals surface area contributed by atoms with Crippen molar-refractivity contribution in [3.63, 3.8) is 0 Å². The van der Waals surface area contributed by atoms with Gasteiger partial charge in [0.2, 0.25) is 0 Å². The number of carbonyl (C=O) groups is 1. The first-order chi connectivity index (χ1) is 7.13. The Morgan fingerprint density at radius 3 is 2.87 bits per heavy atom. The maximum absolute atomic E-state index is 10.6. The van der Waals surface area contributed by atoms with E-state index in [0.717, 1.165) is 0 Å². The van der Waals surface area contributed by atoms with Crippen molar-refractivity contribution in [1.29, 1.82) is 0 Å². The Kier molecular flexibility index (Phi) is 1.96. The lowest BCUT2D eigenvalue weighted by Crippen LogP contribution is -1.94. The first kappa shape index (κ1) is 9.32. The molecule has 2 aromatic rings. The molecule has 0 unspecified atom stereocenters. The molecule has 6 nitrogen and oxygen atoms in total. The second kappa shape index (κ2) is 3.16. The minimum Gasteiger partial charge on any atom is -0.340 e. The summed E-state index contributed by atoms with van der Waals surface area (Å²) >= 11 is 0. The fourth-order valence-electron chi connectivity index (χ4n) is 1.42. The predicted octanol–water partition coefficient (Wildman–Crippen LogP) is 1.29. The third-order valence-corrected chi connectivity index (χ3v) is 2.25. The molecule has 76 valence electrons. The summed E-state index contributed by atoms with van der Waals surface area (Å²) in [6.45, 7) is 0. The average molecular weight is 205 g/mol. The smallest absolute Gasteiger partial charge is 0.289 e. The lowest BCUT2D eigenvalue weighted by Gasteiger charge is -1.96. The van der Waals surface area contributed by atoms with Crippen molar-refractivity contribution in [2.75, 3.05) is 0 Å². The largest absolute Gasteiger partial charge is 0.340 e. The van der Waals surface area contributed by atoms with E-state index in [1.165, 1.54) is 12.3 Å². The lowest BCUT2D eigenvalue weighted by molar-refractivity contribution is -0.385. The molecule has 0 aliphatic carbocycles. The predicted molar refractivity (Wildman–Crippen MR) is 52.8 cm³/mol. The minimum atomic E-state index is -0.514. The molecule has 2 aromatic heterocycles. The van der Waals surface area contributed by atoms with Gasteiger partial charge in [-0.25, -0.2) is 4.98 Å². The molecule has 0 saturated carbocycles. The zero-order chi connectivity index (χ0) is 11.0. The van der Waals surface area contributed by atoms with Gasteiger partial charge < -0.3 is 4.57 Å². The molecule has 2 rings (SSSR count). The molecule has 6 heteroatoms. The molecule has 0 N–H and O–H groups in total. The normalized spacial score (nSPS) is 10.5. The number of nitrogens with zero attached hydrogens (tertiary/aromatic N) is 3. The summed E-state index contributed by atoms with van der Waals surface area (Å²) in [4.78, 5) is 24.5. The van der Waals surface area contributed by atoms with Gasteiger partial charge in [0.05, 0.1) is 21.7 Å². The minimum absolute atomic E-state index is 0.0823. The molecule has 0 atom stereocenters. The molecule has 0 bridgehead atoms. The SMILES string of the molecule is Cn1c(C=O)cc2ncc([N+](=O)[O-])cc21. The molecule has 0 spiro atoms. The summed E-state index contributed by atoms with van der Waals surface area (Å²) in [5.41, 5.74) is 1.51. The van der Waals surface area contributed by atoms with Crippen molar-refractivity contribution in [1.82, 2.24) is 9.55 Å². The van der Waals surface area contributed by atoms with Gasteiger partial charge in [0.1, 0.15) is 6.20 Å². The molecular formula is C9H7N3O3. The zero-order valence-electron chi connectivity index (χ0n) is 7.88. The molecule has 0 amide bonds. The van der Waals surface area contributed by atoms with Gasteiger partial charge in [-0.1, -0.05) is 0 Å². The van der Waals surface area contributed by atoms with Crippen LogP contribution in [0.1, 0.15) is 10.5 Å². The van der Waals surface area contributed by atoms with E-state index in [1.807, 2.05) is 0 Å². The summed E-state index contributed by atoms with van der Waals surface area (Å²) in [6.07, 6.45) is 1.87. The number of hydrogen-bond acceptors (Lipinski definition) is 4. The van der Waals surface area contributed by atoms with Crippen LogP contribution in [0.3, 0.4) is 0 Å². The fourth-order valence-corrected chi connectivity index (χ4v) is 1.42. The van der Waals surface area contributed by atoms with Gasteiger partial charge in [-0.15, -0.1) is 0 Å². The first-order valence-corrected chi connectivity index (χ1v) is 4.18. The van der Waals surface area contributed by atoms with Crippen LogP contribution in [-0.2, 0) is 7.05 Å². The van der Waals surface area contributed by atoms with Crippen molar-refractivity contribution in [2.24, 2.45) is 7.05 Å². The van der Waals surface area contributed by atoms with E-state index >= 15 is 0 Å². The van der Waals surface area contributed by atoms with E-state index in [1.54, 1.807) is 17.7 Å². The third-order valence-electron chi connectivity index (χ3n) is 2.25. The number of rotatable bonds is 2. The van der Waals surface area contributed by atoms with E-state index in [9.17, 15) is 14.9 Å². The third kappa shape index (κ3) is 1.35. The summed E-state index contributed by atoms with van der Waals surface area (Å²) < 4.78 is 1.57. The van der Waals surface area contributed by atoms with E-state index in [4.69, 9.17) is 0 Å². The molecule has 2 heterocycles. The lowest BCUT2D eigenvalue weighted by atomic mass is 10.3. The molecule has 15 heavy (non-hydrogen) atoms. The molecule has 0 aliphatic rings. The van der Waals surface area contributed by atoms with Gasteiger partial charge >= 0.3 is 0 Å². The van der Waals surface area contributed by atoms with Crippen LogP contribution in [0.25, 0.3) is 11.0 Å². The first-order valence-electron chi connectivity index (χ1n) is 4.18. The Morgan fingerprint density at radius 2 is 2.27 bits per heavy atom. The van der Waals surface area contributed by atoms with Crippen LogP contribution < -0.4 is 0 Å². The van der Waals surface area contributed by atoms with Crippen LogP contribution in [-0.4, -0.2) is 20.8 Å². The highest BCUT2D eigenvalue weighted by Crippen LogP contribution is 2.20. The summed E-state index contributed by atoms with van der Waals surface area (Å²) in [5, 5.41) is 10.5. The van der Waals surface area contributed by atoms with Crippen molar-refractivity contribution in [3.8, 4) is 0 Å². The van der Waals surface area contributed by atoms with Crippen molar-refractivity contribution < 1.29 is 9.72 Å². The maximum Gasteiger partial charge on any atom is 0.289 e. The van der Waals surface area contributed by atoms with Crippen molar-refractivity contribution in [3.05, 3.63) is 34.1 Å². The fraction of sp³-hybridized carbons (Fsp3) is 0.111. The van der Waals surface area contributed by atoms with Crippen LogP contribution >= 0.6 is 0 Å². The average Bonchev–Trinajstić information content (AvgIpc) is 2.55. The Bertz CT molecular complexity index is 559. The van der Waals surface area contributed by atoms with Crippen LogP contribution in [0.15, 0.2) is 18.3 Å². The zero-order valence-corrected chi connectivity index (χ0v) is 7.88. The number of nitro groups is 1. The van der Waals surface area contributed by atoms with E-state index < -0.39 is 4.92 Å². The Morgan fingerprint density at radius 1 is 1.53 bits per heavy atom. The van der Waals surface area contributed by atoms with Gasteiger partial charge in [0, 0.05) is 13.1 Å². The van der Waals surface area contributed by atoms with E-state index in [-0.39, 0.29) is 5.69 Å². The monoisotopic (exact) mass is 205 g/mol. The second-order valence-electron chi connectivity index (χ2n) is 3.10. The topological polar surface area (TPSA) is 78.0 Å². The molecule has 0 radical (unpaired) electrons. The highest BCUT2D eigenvalue weighted by molar-refractivity contribution is 5.87. The van der Waals surface area contributed by atoms with Crippen molar-refractivity contribution >= 4 is 23.0 Å². The van der Waals surface area contributed by atoms with Crippen molar-refractivity contribution in [2.45, 2.75) is 0 Å². The molecule has 0 saturated heterocycles. The highest BCUT2D eigenvalue weighted by Gasteiger charge is 2.11. The number of fused-ring (bicyclic) bond motifs is 1.